The maximum atomic E-state index is 12.0. The van der Waals surface area contributed by atoms with Crippen molar-refractivity contribution in [2.45, 2.75) is 32.1 Å². The number of hydrogen-bond donors (Lipinski definition) is 2. The zero-order chi connectivity index (χ0) is 19.4. The molecule has 0 saturated heterocycles. The molecule has 2 aromatic carbocycles. The predicted molar refractivity (Wildman–Crippen MR) is 105 cm³/mol. The summed E-state index contributed by atoms with van der Waals surface area (Å²) in [5, 5.41) is 20.1. The van der Waals surface area contributed by atoms with Crippen LogP contribution in [0.2, 0.25) is 0 Å². The van der Waals surface area contributed by atoms with Crippen molar-refractivity contribution in [2.24, 2.45) is 29.6 Å². The van der Waals surface area contributed by atoms with E-state index in [0.29, 0.717) is 34.1 Å². The SMILES string of the molecule is O=C(O)c1cccc2c(C(=O)O)c(C#CC3C4CC5CC(C4)CC3C5)ccc12. The third kappa shape index (κ3) is 2.69. The van der Waals surface area contributed by atoms with Crippen LogP contribution >= 0.6 is 0 Å². The second kappa shape index (κ2) is 6.38. The Morgan fingerprint density at radius 2 is 1.50 bits per heavy atom. The molecule has 4 heteroatoms. The maximum absolute atomic E-state index is 12.0. The Hall–Kier alpha value is -2.80. The number of fused-ring (bicyclic) bond motifs is 1. The van der Waals surface area contributed by atoms with Gasteiger partial charge in [0.05, 0.1) is 11.1 Å². The van der Waals surface area contributed by atoms with Gasteiger partial charge in [-0.2, -0.15) is 0 Å². The van der Waals surface area contributed by atoms with Gasteiger partial charge in [0.25, 0.3) is 0 Å². The van der Waals surface area contributed by atoms with Crippen molar-refractivity contribution in [3.63, 3.8) is 0 Å². The van der Waals surface area contributed by atoms with E-state index in [4.69, 9.17) is 0 Å². The summed E-state index contributed by atoms with van der Waals surface area (Å²) in [6.45, 7) is 0. The van der Waals surface area contributed by atoms with Crippen molar-refractivity contribution in [1.82, 2.24) is 0 Å². The van der Waals surface area contributed by atoms with Gasteiger partial charge in [0.1, 0.15) is 0 Å². The summed E-state index contributed by atoms with van der Waals surface area (Å²) < 4.78 is 0. The number of carboxylic acids is 2. The number of carboxylic acid groups (broad SMARTS) is 2. The van der Waals surface area contributed by atoms with Gasteiger partial charge in [-0.15, -0.1) is 0 Å². The molecule has 28 heavy (non-hydrogen) atoms. The van der Waals surface area contributed by atoms with Gasteiger partial charge in [0.2, 0.25) is 0 Å². The molecule has 0 heterocycles. The van der Waals surface area contributed by atoms with E-state index >= 15 is 0 Å². The molecule has 0 spiro atoms. The van der Waals surface area contributed by atoms with Crippen LogP contribution in [0.25, 0.3) is 10.8 Å². The average Bonchev–Trinajstić information content (AvgIpc) is 2.65. The fourth-order valence-electron chi connectivity index (χ4n) is 6.20. The van der Waals surface area contributed by atoms with Crippen molar-refractivity contribution in [3.8, 4) is 11.8 Å². The molecule has 0 aromatic heterocycles. The molecule has 2 N–H and O–H groups in total. The number of rotatable bonds is 2. The molecule has 4 fully saturated rings. The van der Waals surface area contributed by atoms with E-state index in [-0.39, 0.29) is 11.1 Å². The van der Waals surface area contributed by atoms with Crippen molar-refractivity contribution in [3.05, 3.63) is 47.0 Å². The summed E-state index contributed by atoms with van der Waals surface area (Å²) in [6, 6.07) is 8.11. The number of aromatic carboxylic acids is 2. The maximum Gasteiger partial charge on any atom is 0.337 e. The van der Waals surface area contributed by atoms with Crippen LogP contribution in [0.1, 0.15) is 58.4 Å². The van der Waals surface area contributed by atoms with Crippen LogP contribution in [0, 0.1) is 41.4 Å². The predicted octanol–water partition coefficient (Wildman–Crippen LogP) is 4.66. The van der Waals surface area contributed by atoms with Crippen molar-refractivity contribution < 1.29 is 19.8 Å². The molecule has 4 bridgehead atoms. The van der Waals surface area contributed by atoms with Crippen LogP contribution in [0.5, 0.6) is 0 Å². The highest BCUT2D eigenvalue weighted by atomic mass is 16.4. The zero-order valence-electron chi connectivity index (χ0n) is 15.5. The summed E-state index contributed by atoms with van der Waals surface area (Å²) in [4.78, 5) is 23.5. The summed E-state index contributed by atoms with van der Waals surface area (Å²) in [7, 11) is 0. The molecule has 4 aliphatic carbocycles. The van der Waals surface area contributed by atoms with Gasteiger partial charge < -0.3 is 10.2 Å². The van der Waals surface area contributed by atoms with Gasteiger partial charge in [-0.05, 0) is 78.7 Å². The lowest BCUT2D eigenvalue weighted by atomic mass is 9.52. The number of hydrogen-bond acceptors (Lipinski definition) is 2. The molecule has 2 aromatic rings. The smallest absolute Gasteiger partial charge is 0.337 e. The normalized spacial score (nSPS) is 30.1. The second-order valence-electron chi connectivity index (χ2n) is 8.72. The van der Waals surface area contributed by atoms with E-state index in [9.17, 15) is 19.8 Å². The Morgan fingerprint density at radius 3 is 2.11 bits per heavy atom. The van der Waals surface area contributed by atoms with E-state index < -0.39 is 11.9 Å². The first-order valence-corrected chi connectivity index (χ1v) is 10.0. The highest BCUT2D eigenvalue weighted by molar-refractivity contribution is 6.11. The van der Waals surface area contributed by atoms with Crippen LogP contribution in [0.4, 0.5) is 0 Å². The molecule has 4 aliphatic rings. The van der Waals surface area contributed by atoms with Gasteiger partial charge in [-0.25, -0.2) is 9.59 Å². The monoisotopic (exact) mass is 374 g/mol. The van der Waals surface area contributed by atoms with E-state index in [1.165, 1.54) is 38.2 Å². The second-order valence-corrected chi connectivity index (χ2v) is 8.72. The van der Waals surface area contributed by atoms with Crippen LogP contribution in [0.15, 0.2) is 30.3 Å². The quantitative estimate of drug-likeness (QED) is 0.750. The molecule has 6 rings (SSSR count). The lowest BCUT2D eigenvalue weighted by Crippen LogP contribution is -2.44. The molecule has 4 nitrogen and oxygen atoms in total. The third-order valence-corrected chi connectivity index (χ3v) is 7.11. The van der Waals surface area contributed by atoms with Gasteiger partial charge in [-0.3, -0.25) is 0 Å². The lowest BCUT2D eigenvalue weighted by molar-refractivity contribution is -0.0122. The minimum absolute atomic E-state index is 0.108. The zero-order valence-corrected chi connectivity index (χ0v) is 15.5. The minimum Gasteiger partial charge on any atom is -0.478 e. The van der Waals surface area contributed by atoms with Crippen LogP contribution in [0.3, 0.4) is 0 Å². The van der Waals surface area contributed by atoms with Crippen LogP contribution < -0.4 is 0 Å². The van der Waals surface area contributed by atoms with E-state index in [1.54, 1.807) is 24.3 Å². The van der Waals surface area contributed by atoms with Crippen molar-refractivity contribution in [2.75, 3.05) is 0 Å². The number of benzene rings is 2. The Balaban J connectivity index is 1.57. The Morgan fingerprint density at radius 1 is 0.821 bits per heavy atom. The fraction of sp³-hybridized carbons (Fsp3) is 0.417. The topological polar surface area (TPSA) is 74.6 Å². The number of carbonyl (C=O) groups is 2. The standard InChI is InChI=1S/C24H22O4/c25-23(26)21-3-1-2-20-19(21)7-5-15(22(20)24(27)28)4-6-18-16-9-13-8-14(11-16)12-17(18)10-13/h1-3,5,7,13-14,16-18H,8-12H2,(H,25,26)(H,27,28). The fourth-order valence-corrected chi connectivity index (χ4v) is 6.20. The molecule has 0 unspecified atom stereocenters. The Labute approximate surface area is 163 Å². The average molecular weight is 374 g/mol. The Bertz CT molecular complexity index is 1030. The molecule has 0 aliphatic heterocycles. The van der Waals surface area contributed by atoms with Gasteiger partial charge >= 0.3 is 11.9 Å². The molecule has 4 saturated carbocycles. The molecular formula is C24H22O4. The van der Waals surface area contributed by atoms with Crippen molar-refractivity contribution in [1.29, 1.82) is 0 Å². The molecule has 142 valence electrons. The lowest BCUT2D eigenvalue weighted by Gasteiger charge is -2.52. The van der Waals surface area contributed by atoms with E-state index in [2.05, 4.69) is 11.8 Å². The minimum atomic E-state index is -1.07. The molecule has 0 atom stereocenters. The summed E-state index contributed by atoms with van der Waals surface area (Å²) in [6.07, 6.45) is 6.50. The molecule has 0 amide bonds. The summed E-state index contributed by atoms with van der Waals surface area (Å²) in [5.74, 6) is 7.96. The van der Waals surface area contributed by atoms with E-state index in [1.807, 2.05) is 0 Å². The van der Waals surface area contributed by atoms with Crippen LogP contribution in [-0.4, -0.2) is 22.2 Å². The largest absolute Gasteiger partial charge is 0.478 e. The highest BCUT2D eigenvalue weighted by Crippen LogP contribution is 2.56. The summed E-state index contributed by atoms with van der Waals surface area (Å²) >= 11 is 0. The van der Waals surface area contributed by atoms with Crippen molar-refractivity contribution >= 4 is 22.7 Å². The van der Waals surface area contributed by atoms with E-state index in [0.717, 1.165) is 11.8 Å². The Kier molecular flexibility index (Phi) is 3.94. The van der Waals surface area contributed by atoms with Gasteiger partial charge in [0.15, 0.2) is 0 Å². The summed E-state index contributed by atoms with van der Waals surface area (Å²) in [5.41, 5.74) is 0.703. The molecular weight excluding hydrogens is 352 g/mol. The third-order valence-electron chi connectivity index (χ3n) is 7.11. The highest BCUT2D eigenvalue weighted by Gasteiger charge is 2.47. The first-order chi connectivity index (χ1) is 13.5. The van der Waals surface area contributed by atoms with Gasteiger partial charge in [-0.1, -0.05) is 30.0 Å². The first-order valence-electron chi connectivity index (χ1n) is 10.0. The van der Waals surface area contributed by atoms with Crippen LogP contribution in [-0.2, 0) is 0 Å². The molecule has 0 radical (unpaired) electrons. The van der Waals surface area contributed by atoms with Gasteiger partial charge in [0, 0.05) is 11.5 Å². The first kappa shape index (κ1) is 17.3.